The Kier molecular flexibility index (Phi) is 4.06. The van der Waals surface area contributed by atoms with E-state index in [1.807, 2.05) is 13.8 Å². The van der Waals surface area contributed by atoms with Crippen molar-refractivity contribution in [3.05, 3.63) is 0 Å². The highest BCUT2D eigenvalue weighted by molar-refractivity contribution is 8.03. The zero-order valence-electron chi connectivity index (χ0n) is 7.93. The molecule has 1 saturated heterocycles. The van der Waals surface area contributed by atoms with Gasteiger partial charge in [-0.05, 0) is 12.3 Å². The van der Waals surface area contributed by atoms with Crippen LogP contribution in [0.3, 0.4) is 0 Å². The molecule has 0 amide bonds. The lowest BCUT2D eigenvalue weighted by molar-refractivity contribution is 0.139. The fraction of sp³-hybridized carbons (Fsp3) is 1.00. The van der Waals surface area contributed by atoms with E-state index in [9.17, 15) is 13.5 Å². The molecule has 13 heavy (non-hydrogen) atoms. The van der Waals surface area contributed by atoms with E-state index < -0.39 is 32.3 Å². The van der Waals surface area contributed by atoms with Crippen LogP contribution in [0.4, 0.5) is 0 Å². The second kappa shape index (κ2) is 4.66. The Bertz CT molecular complexity index is 211. The van der Waals surface area contributed by atoms with Crippen molar-refractivity contribution in [1.29, 1.82) is 0 Å². The van der Waals surface area contributed by atoms with E-state index in [0.29, 0.717) is 11.5 Å². The molecule has 0 saturated carbocycles. The average molecular weight is 224 g/mol. The van der Waals surface area contributed by atoms with Crippen molar-refractivity contribution >= 4 is 21.6 Å². The molecule has 1 fully saturated rings. The maximum absolute atomic E-state index is 11.5. The van der Waals surface area contributed by atoms with Crippen LogP contribution in [0.5, 0.6) is 0 Å². The summed E-state index contributed by atoms with van der Waals surface area (Å²) in [4.78, 5) is 0. The van der Waals surface area contributed by atoms with E-state index in [-0.39, 0.29) is 5.92 Å². The lowest BCUT2D eigenvalue weighted by Crippen LogP contribution is -2.42. The largest absolute Gasteiger partial charge is 0.391 e. The average Bonchev–Trinajstić information content (AvgIpc) is 2.03. The van der Waals surface area contributed by atoms with E-state index in [2.05, 4.69) is 0 Å². The monoisotopic (exact) mass is 224 g/mol. The molecule has 1 rings (SSSR count). The van der Waals surface area contributed by atoms with Crippen LogP contribution in [0.1, 0.15) is 20.3 Å². The van der Waals surface area contributed by atoms with Crippen molar-refractivity contribution in [2.45, 2.75) is 31.0 Å². The van der Waals surface area contributed by atoms with Crippen molar-refractivity contribution in [1.82, 2.24) is 0 Å². The Morgan fingerprint density at radius 3 is 2.08 bits per heavy atom. The predicted octanol–water partition coefficient (Wildman–Crippen LogP) is 0.230. The maximum Gasteiger partial charge on any atom is 0.136 e. The van der Waals surface area contributed by atoms with Gasteiger partial charge in [0.2, 0.25) is 0 Å². The number of hydrogen-bond donors (Lipinski definition) is 1. The van der Waals surface area contributed by atoms with Gasteiger partial charge in [-0.15, -0.1) is 0 Å². The zero-order chi connectivity index (χ0) is 10.0. The van der Waals surface area contributed by atoms with Gasteiger partial charge in [0.05, 0.1) is 6.10 Å². The van der Waals surface area contributed by atoms with Gasteiger partial charge in [-0.25, -0.2) is 0 Å². The number of aliphatic hydroxyl groups is 1. The second-order valence-electron chi connectivity index (χ2n) is 3.63. The Balaban J connectivity index is 2.74. The van der Waals surface area contributed by atoms with Crippen LogP contribution in [-0.2, 0) is 21.6 Å². The van der Waals surface area contributed by atoms with Crippen LogP contribution in [-0.4, -0.2) is 35.7 Å². The summed E-state index contributed by atoms with van der Waals surface area (Å²) in [6.45, 7) is 3.71. The van der Waals surface area contributed by atoms with Crippen molar-refractivity contribution in [3.8, 4) is 0 Å². The lowest BCUT2D eigenvalue weighted by Gasteiger charge is -2.27. The molecular weight excluding hydrogens is 208 g/mol. The molecule has 1 N–H and O–H groups in total. The normalized spacial score (nSPS) is 37.7. The van der Waals surface area contributed by atoms with Crippen molar-refractivity contribution < 1.29 is 13.5 Å². The molecule has 0 spiro atoms. The molecule has 3 nitrogen and oxygen atoms in total. The minimum absolute atomic E-state index is 0.0241. The third-order valence-corrected chi connectivity index (χ3v) is 6.44. The first-order valence-corrected chi connectivity index (χ1v) is 7.23. The van der Waals surface area contributed by atoms with Gasteiger partial charge in [-0.1, -0.05) is 13.8 Å². The molecule has 5 heteroatoms. The topological polar surface area (TPSA) is 54.4 Å². The summed E-state index contributed by atoms with van der Waals surface area (Å²) < 4.78 is 22.5. The van der Waals surface area contributed by atoms with Crippen LogP contribution >= 0.6 is 0 Å². The molecular formula is C8H16O3S2. The van der Waals surface area contributed by atoms with E-state index >= 15 is 0 Å². The minimum atomic E-state index is -1.11. The van der Waals surface area contributed by atoms with Crippen LogP contribution < -0.4 is 0 Å². The minimum Gasteiger partial charge on any atom is -0.391 e. The first-order valence-electron chi connectivity index (χ1n) is 4.46. The van der Waals surface area contributed by atoms with Gasteiger partial charge in [0.1, 0.15) is 4.58 Å². The van der Waals surface area contributed by atoms with Crippen molar-refractivity contribution in [2.75, 3.05) is 11.5 Å². The fourth-order valence-corrected chi connectivity index (χ4v) is 5.61. The molecule has 1 aliphatic heterocycles. The molecule has 2 unspecified atom stereocenters. The highest BCUT2D eigenvalue weighted by atomic mass is 32.2. The third-order valence-electron chi connectivity index (χ3n) is 2.17. The summed E-state index contributed by atoms with van der Waals surface area (Å²) in [5.74, 6) is 1.19. The smallest absolute Gasteiger partial charge is 0.136 e. The quantitative estimate of drug-likeness (QED) is 0.730. The molecule has 0 radical (unpaired) electrons. The van der Waals surface area contributed by atoms with Crippen molar-refractivity contribution in [3.63, 3.8) is 0 Å². The molecule has 0 aromatic heterocycles. The van der Waals surface area contributed by atoms with E-state index in [0.717, 1.165) is 6.42 Å². The van der Waals surface area contributed by atoms with Crippen LogP contribution in [0.15, 0.2) is 0 Å². The molecule has 0 aromatic carbocycles. The summed E-state index contributed by atoms with van der Waals surface area (Å²) in [6.07, 6.45) is 0.0579. The summed E-state index contributed by atoms with van der Waals surface area (Å²) in [5, 5.41) is 9.71. The fourth-order valence-electron chi connectivity index (χ4n) is 1.32. The summed E-state index contributed by atoms with van der Waals surface area (Å²) >= 11 is 0. The summed E-state index contributed by atoms with van der Waals surface area (Å²) in [6, 6.07) is 0. The SMILES string of the molecule is CC(C)[C@@H](O)C1S(=O)CCCS1=O. The maximum atomic E-state index is 11.5. The summed E-state index contributed by atoms with van der Waals surface area (Å²) in [5.41, 5.74) is 0. The van der Waals surface area contributed by atoms with Gasteiger partial charge >= 0.3 is 0 Å². The molecule has 1 aliphatic rings. The van der Waals surface area contributed by atoms with Crippen LogP contribution in [0.2, 0.25) is 0 Å². The van der Waals surface area contributed by atoms with Gasteiger partial charge in [-0.3, -0.25) is 8.42 Å². The number of rotatable bonds is 2. The lowest BCUT2D eigenvalue weighted by atomic mass is 10.1. The standard InChI is InChI=1S/C8H16O3S2/c1-6(2)7(9)8-12(10)4-3-5-13(8)11/h6-9H,3-5H2,1-2H3/t7-,8?,12?,13?/m1/s1. The zero-order valence-corrected chi connectivity index (χ0v) is 9.57. The van der Waals surface area contributed by atoms with E-state index in [1.54, 1.807) is 0 Å². The van der Waals surface area contributed by atoms with E-state index in [4.69, 9.17) is 0 Å². The molecule has 3 atom stereocenters. The van der Waals surface area contributed by atoms with Crippen molar-refractivity contribution in [2.24, 2.45) is 5.92 Å². The van der Waals surface area contributed by atoms with Crippen LogP contribution in [0.25, 0.3) is 0 Å². The Morgan fingerprint density at radius 2 is 1.69 bits per heavy atom. The van der Waals surface area contributed by atoms with Gasteiger partial charge in [0, 0.05) is 33.1 Å². The van der Waals surface area contributed by atoms with Gasteiger partial charge < -0.3 is 5.11 Å². The molecule has 78 valence electrons. The predicted molar refractivity (Wildman–Crippen MR) is 55.3 cm³/mol. The highest BCUT2D eigenvalue weighted by Gasteiger charge is 2.35. The number of hydrogen-bond acceptors (Lipinski definition) is 3. The van der Waals surface area contributed by atoms with Crippen LogP contribution in [0, 0.1) is 5.92 Å². The van der Waals surface area contributed by atoms with E-state index in [1.165, 1.54) is 0 Å². The number of aliphatic hydroxyl groups excluding tert-OH is 1. The Morgan fingerprint density at radius 1 is 1.23 bits per heavy atom. The third kappa shape index (κ3) is 2.60. The first kappa shape index (κ1) is 11.3. The molecule has 0 aliphatic carbocycles. The summed E-state index contributed by atoms with van der Waals surface area (Å²) in [7, 11) is -2.22. The molecule has 0 bridgehead atoms. The van der Waals surface area contributed by atoms with Gasteiger partial charge in [0.25, 0.3) is 0 Å². The Labute approximate surface area is 83.8 Å². The second-order valence-corrected chi connectivity index (χ2v) is 7.28. The van der Waals surface area contributed by atoms with Gasteiger partial charge in [-0.2, -0.15) is 0 Å². The first-order chi connectivity index (χ1) is 6.04. The highest BCUT2D eigenvalue weighted by Crippen LogP contribution is 2.20. The molecule has 1 heterocycles. The van der Waals surface area contributed by atoms with Gasteiger partial charge in [0.15, 0.2) is 0 Å². The molecule has 0 aromatic rings. The Hall–Kier alpha value is 0.260.